The molecule has 0 aromatic carbocycles. The molecular weight excluding hydrogens is 144 g/mol. The van der Waals surface area contributed by atoms with Gasteiger partial charge in [0.15, 0.2) is 5.78 Å². The molecule has 0 bridgehead atoms. The highest BCUT2D eigenvalue weighted by Gasteiger charge is 2.71. The van der Waals surface area contributed by atoms with E-state index in [1.165, 1.54) is 0 Å². The maximum absolute atomic E-state index is 11.2. The molecule has 0 amide bonds. The highest BCUT2D eigenvalue weighted by Crippen LogP contribution is 2.64. The number of aliphatic hydroxyl groups excluding tert-OH is 2. The second kappa shape index (κ2) is 1.67. The first-order valence-corrected chi connectivity index (χ1v) is 3.88. The fraction of sp³-hybridized carbons (Fsp3) is 0.875. The summed E-state index contributed by atoms with van der Waals surface area (Å²) in [6, 6.07) is 0. The highest BCUT2D eigenvalue weighted by molar-refractivity contribution is 5.93. The number of carbonyl (C=O) groups is 1. The summed E-state index contributed by atoms with van der Waals surface area (Å²) in [4.78, 5) is 11.2. The van der Waals surface area contributed by atoms with Gasteiger partial charge < -0.3 is 10.2 Å². The van der Waals surface area contributed by atoms with Crippen molar-refractivity contribution in [2.24, 2.45) is 17.3 Å². The van der Waals surface area contributed by atoms with Gasteiger partial charge in [-0.3, -0.25) is 4.79 Å². The van der Waals surface area contributed by atoms with E-state index in [9.17, 15) is 9.90 Å². The van der Waals surface area contributed by atoms with E-state index in [4.69, 9.17) is 5.11 Å². The Bertz CT molecular complexity index is 221. The van der Waals surface area contributed by atoms with Crippen molar-refractivity contribution in [3.63, 3.8) is 0 Å². The third-order valence-corrected chi connectivity index (χ3v) is 3.20. The van der Waals surface area contributed by atoms with Crippen LogP contribution in [0.2, 0.25) is 0 Å². The predicted molar refractivity (Wildman–Crippen MR) is 37.8 cm³/mol. The van der Waals surface area contributed by atoms with E-state index < -0.39 is 12.2 Å². The molecule has 2 N–H and O–H groups in total. The van der Waals surface area contributed by atoms with Crippen LogP contribution in [0.1, 0.15) is 13.8 Å². The molecule has 0 aromatic heterocycles. The third-order valence-electron chi connectivity index (χ3n) is 3.20. The zero-order chi connectivity index (χ0) is 8.39. The van der Waals surface area contributed by atoms with E-state index in [1.807, 2.05) is 13.8 Å². The lowest BCUT2D eigenvalue weighted by molar-refractivity contribution is -0.131. The summed E-state index contributed by atoms with van der Waals surface area (Å²) < 4.78 is 0. The lowest BCUT2D eigenvalue weighted by Gasteiger charge is -2.15. The molecule has 0 spiro atoms. The van der Waals surface area contributed by atoms with Crippen LogP contribution in [0.25, 0.3) is 0 Å². The van der Waals surface area contributed by atoms with Gasteiger partial charge in [0.25, 0.3) is 0 Å². The Balaban J connectivity index is 2.28. The predicted octanol–water partition coefficient (Wildman–Crippen LogP) is -0.437. The van der Waals surface area contributed by atoms with E-state index in [1.54, 1.807) is 0 Å². The molecule has 2 saturated carbocycles. The van der Waals surface area contributed by atoms with E-state index in [-0.39, 0.29) is 23.0 Å². The standard InChI is InChI=1S/C8H12O3/c1-8(2)3-4(8)6(10)7(11)5(3)9/h3-5,7,9,11H,1-2H3. The van der Waals surface area contributed by atoms with Gasteiger partial charge in [0.2, 0.25) is 0 Å². The van der Waals surface area contributed by atoms with E-state index >= 15 is 0 Å². The van der Waals surface area contributed by atoms with Gasteiger partial charge in [-0.25, -0.2) is 0 Å². The normalized spacial score (nSPS) is 52.5. The second-order valence-electron chi connectivity index (χ2n) is 4.16. The van der Waals surface area contributed by atoms with Gasteiger partial charge in [-0.2, -0.15) is 0 Å². The first-order chi connectivity index (χ1) is 4.98. The number of rotatable bonds is 0. The van der Waals surface area contributed by atoms with Gasteiger partial charge in [0, 0.05) is 11.8 Å². The molecule has 0 heterocycles. The topological polar surface area (TPSA) is 57.5 Å². The van der Waals surface area contributed by atoms with Crippen molar-refractivity contribution in [1.29, 1.82) is 0 Å². The number of fused-ring (bicyclic) bond motifs is 1. The first-order valence-electron chi connectivity index (χ1n) is 3.88. The molecule has 2 aliphatic carbocycles. The Kier molecular flexibility index (Phi) is 1.10. The molecule has 0 saturated heterocycles. The maximum atomic E-state index is 11.2. The van der Waals surface area contributed by atoms with Crippen LogP contribution in [0, 0.1) is 17.3 Å². The Morgan fingerprint density at radius 3 is 2.18 bits per heavy atom. The monoisotopic (exact) mass is 156 g/mol. The van der Waals surface area contributed by atoms with Gasteiger partial charge in [-0.05, 0) is 5.41 Å². The van der Waals surface area contributed by atoms with E-state index in [0.29, 0.717) is 0 Å². The Labute approximate surface area is 65.0 Å². The van der Waals surface area contributed by atoms with Crippen LogP contribution in [-0.4, -0.2) is 28.2 Å². The zero-order valence-corrected chi connectivity index (χ0v) is 6.61. The zero-order valence-electron chi connectivity index (χ0n) is 6.61. The van der Waals surface area contributed by atoms with Gasteiger partial charge >= 0.3 is 0 Å². The lowest BCUT2D eigenvalue weighted by atomic mass is 9.97. The van der Waals surface area contributed by atoms with Crippen LogP contribution >= 0.6 is 0 Å². The fourth-order valence-corrected chi connectivity index (χ4v) is 2.41. The summed E-state index contributed by atoms with van der Waals surface area (Å²) in [7, 11) is 0. The maximum Gasteiger partial charge on any atom is 0.167 e. The van der Waals surface area contributed by atoms with Gasteiger partial charge in [-0.15, -0.1) is 0 Å². The average Bonchev–Trinajstić information content (AvgIpc) is 2.39. The van der Waals surface area contributed by atoms with Crippen molar-refractivity contribution in [3.8, 4) is 0 Å². The number of hydrogen-bond acceptors (Lipinski definition) is 3. The van der Waals surface area contributed by atoms with E-state index in [0.717, 1.165) is 0 Å². The van der Waals surface area contributed by atoms with Crippen LogP contribution in [0.15, 0.2) is 0 Å². The Morgan fingerprint density at radius 1 is 1.36 bits per heavy atom. The largest absolute Gasteiger partial charge is 0.390 e. The summed E-state index contributed by atoms with van der Waals surface area (Å²) in [6.07, 6.45) is -1.93. The number of aliphatic hydroxyl groups is 2. The minimum absolute atomic E-state index is 0.00463. The highest BCUT2D eigenvalue weighted by atomic mass is 16.3. The molecule has 11 heavy (non-hydrogen) atoms. The molecule has 2 fully saturated rings. The summed E-state index contributed by atoms with van der Waals surface area (Å²) in [5.74, 6) is -0.259. The molecular formula is C8H12O3. The second-order valence-corrected chi connectivity index (χ2v) is 4.16. The van der Waals surface area contributed by atoms with Crippen molar-refractivity contribution < 1.29 is 15.0 Å². The minimum Gasteiger partial charge on any atom is -0.390 e. The summed E-state index contributed by atoms with van der Waals surface area (Å²) >= 11 is 0. The van der Waals surface area contributed by atoms with Crippen molar-refractivity contribution in [3.05, 3.63) is 0 Å². The van der Waals surface area contributed by atoms with Gasteiger partial charge in [-0.1, -0.05) is 13.8 Å². The minimum atomic E-state index is -1.11. The van der Waals surface area contributed by atoms with E-state index in [2.05, 4.69) is 0 Å². The summed E-state index contributed by atoms with van der Waals surface area (Å²) in [5, 5.41) is 18.4. The molecule has 0 radical (unpaired) electrons. The molecule has 0 aromatic rings. The van der Waals surface area contributed by atoms with Gasteiger partial charge in [0.1, 0.15) is 6.10 Å². The molecule has 4 unspecified atom stereocenters. The first kappa shape index (κ1) is 7.25. The summed E-state index contributed by atoms with van der Waals surface area (Å²) in [6.45, 7) is 3.91. The van der Waals surface area contributed by atoms with Crippen molar-refractivity contribution in [2.45, 2.75) is 26.1 Å². The van der Waals surface area contributed by atoms with Crippen LogP contribution < -0.4 is 0 Å². The SMILES string of the molecule is CC1(C)C2C(=O)C(O)C(O)C21. The molecule has 2 aliphatic rings. The molecule has 62 valence electrons. The smallest absolute Gasteiger partial charge is 0.167 e. The van der Waals surface area contributed by atoms with Crippen molar-refractivity contribution >= 4 is 5.78 Å². The van der Waals surface area contributed by atoms with Gasteiger partial charge in [0.05, 0.1) is 6.10 Å². The Hall–Kier alpha value is -0.410. The quantitative estimate of drug-likeness (QED) is 0.500. The van der Waals surface area contributed by atoms with Crippen LogP contribution in [0.4, 0.5) is 0 Å². The molecule has 3 nitrogen and oxygen atoms in total. The van der Waals surface area contributed by atoms with Crippen LogP contribution in [0.5, 0.6) is 0 Å². The Morgan fingerprint density at radius 2 is 1.91 bits per heavy atom. The van der Waals surface area contributed by atoms with Crippen molar-refractivity contribution in [1.82, 2.24) is 0 Å². The average molecular weight is 156 g/mol. The molecule has 2 rings (SSSR count). The lowest BCUT2D eigenvalue weighted by Crippen LogP contribution is -2.33. The number of ketones is 1. The molecule has 0 aliphatic heterocycles. The third kappa shape index (κ3) is 0.631. The molecule has 4 atom stereocenters. The molecule has 3 heteroatoms. The number of carbonyl (C=O) groups excluding carboxylic acids is 1. The number of Topliss-reactive ketones (excluding diaryl/α,β-unsaturated/α-hetero) is 1. The fourth-order valence-electron chi connectivity index (χ4n) is 2.41. The van der Waals surface area contributed by atoms with Crippen LogP contribution in [0.3, 0.4) is 0 Å². The van der Waals surface area contributed by atoms with Crippen LogP contribution in [-0.2, 0) is 4.79 Å². The summed E-state index contributed by atoms with van der Waals surface area (Å²) in [5.41, 5.74) is -0.0737. The van der Waals surface area contributed by atoms with Crippen molar-refractivity contribution in [2.75, 3.05) is 0 Å². The number of hydrogen-bond donors (Lipinski definition) is 2.